The lowest BCUT2D eigenvalue weighted by Gasteiger charge is -2.39. The standard InChI is InChI=1S/C15H20N4O4S/c1-3-19-9-15-8-18(14(20)12-6-16-10(2)5-17-12)7-11(23-15)4-13(15)24(19,21)22/h5-6,11,13H,3-4,7-9H2,1-2H3/t11-,13+,15+/m0/s1. The van der Waals surface area contributed by atoms with Crippen LogP contribution in [0.5, 0.6) is 0 Å². The SMILES string of the molecule is CCN1C[C@]23CN(C(=O)c4cnc(C)cn4)C[C@H](C[C@H]2S1(=O)=O)O3. The highest BCUT2D eigenvalue weighted by Crippen LogP contribution is 2.46. The van der Waals surface area contributed by atoms with E-state index in [2.05, 4.69) is 9.97 Å². The van der Waals surface area contributed by atoms with Gasteiger partial charge in [0, 0.05) is 25.8 Å². The average molecular weight is 352 g/mol. The lowest BCUT2D eigenvalue weighted by molar-refractivity contribution is -0.0975. The van der Waals surface area contributed by atoms with Gasteiger partial charge in [0.2, 0.25) is 10.0 Å². The molecule has 130 valence electrons. The molecule has 3 atom stereocenters. The molecular weight excluding hydrogens is 332 g/mol. The smallest absolute Gasteiger partial charge is 0.274 e. The quantitative estimate of drug-likeness (QED) is 0.732. The Kier molecular flexibility index (Phi) is 3.45. The summed E-state index contributed by atoms with van der Waals surface area (Å²) in [6, 6.07) is 0. The van der Waals surface area contributed by atoms with Crippen LogP contribution in [-0.4, -0.2) is 76.6 Å². The summed E-state index contributed by atoms with van der Waals surface area (Å²) < 4.78 is 32.8. The number of ether oxygens (including phenoxy) is 1. The number of carbonyl (C=O) groups is 1. The van der Waals surface area contributed by atoms with Crippen LogP contribution in [0.15, 0.2) is 12.4 Å². The van der Waals surface area contributed by atoms with Gasteiger partial charge in [0.25, 0.3) is 5.91 Å². The molecule has 0 unspecified atom stereocenters. The number of hydrogen-bond acceptors (Lipinski definition) is 6. The van der Waals surface area contributed by atoms with E-state index in [1.54, 1.807) is 11.1 Å². The van der Waals surface area contributed by atoms with Gasteiger partial charge in [0.15, 0.2) is 0 Å². The number of likely N-dealkylation sites (tertiary alicyclic amines) is 1. The van der Waals surface area contributed by atoms with Crippen LogP contribution in [0.25, 0.3) is 0 Å². The summed E-state index contributed by atoms with van der Waals surface area (Å²) in [6.45, 7) is 5.04. The lowest BCUT2D eigenvalue weighted by Crippen LogP contribution is -2.56. The maximum absolute atomic E-state index is 12.7. The molecule has 0 aliphatic carbocycles. The number of carbonyl (C=O) groups excluding carboxylic acids is 1. The molecule has 8 nitrogen and oxygen atoms in total. The molecular formula is C15H20N4O4S. The van der Waals surface area contributed by atoms with Gasteiger partial charge in [-0.05, 0) is 13.3 Å². The van der Waals surface area contributed by atoms with Crippen LogP contribution in [0.1, 0.15) is 29.5 Å². The predicted molar refractivity (Wildman–Crippen MR) is 84.8 cm³/mol. The predicted octanol–water partition coefficient (Wildman–Crippen LogP) is -0.198. The molecule has 3 saturated heterocycles. The third kappa shape index (κ3) is 2.18. The number of nitrogens with zero attached hydrogens (tertiary/aromatic N) is 4. The first-order valence-corrected chi connectivity index (χ1v) is 9.61. The van der Waals surface area contributed by atoms with Crippen molar-refractivity contribution in [1.82, 2.24) is 19.2 Å². The Bertz CT molecular complexity index is 781. The van der Waals surface area contributed by atoms with Crippen molar-refractivity contribution in [3.8, 4) is 0 Å². The first-order valence-electron chi connectivity index (χ1n) is 8.10. The summed E-state index contributed by atoms with van der Waals surface area (Å²) >= 11 is 0. The molecule has 4 rings (SSSR count). The molecule has 0 radical (unpaired) electrons. The van der Waals surface area contributed by atoms with Crippen LogP contribution in [0.3, 0.4) is 0 Å². The lowest BCUT2D eigenvalue weighted by atomic mass is 9.99. The van der Waals surface area contributed by atoms with Crippen molar-refractivity contribution in [3.63, 3.8) is 0 Å². The van der Waals surface area contributed by atoms with E-state index in [-0.39, 0.29) is 24.2 Å². The highest BCUT2D eigenvalue weighted by Gasteiger charge is 2.65. The van der Waals surface area contributed by atoms with E-state index in [0.29, 0.717) is 26.1 Å². The van der Waals surface area contributed by atoms with Crippen LogP contribution in [0.2, 0.25) is 0 Å². The molecule has 1 aromatic heterocycles. The van der Waals surface area contributed by atoms with Crippen molar-refractivity contribution in [1.29, 1.82) is 0 Å². The monoisotopic (exact) mass is 352 g/mol. The van der Waals surface area contributed by atoms with E-state index < -0.39 is 20.9 Å². The fourth-order valence-corrected chi connectivity index (χ4v) is 6.38. The van der Waals surface area contributed by atoms with E-state index in [9.17, 15) is 13.2 Å². The molecule has 9 heteroatoms. The van der Waals surface area contributed by atoms with E-state index in [4.69, 9.17) is 4.74 Å². The molecule has 3 aliphatic rings. The Morgan fingerprint density at radius 1 is 1.38 bits per heavy atom. The molecule has 3 aliphatic heterocycles. The van der Waals surface area contributed by atoms with Gasteiger partial charge in [-0.15, -0.1) is 0 Å². The van der Waals surface area contributed by atoms with Crippen LogP contribution in [0.4, 0.5) is 0 Å². The maximum atomic E-state index is 12.7. The van der Waals surface area contributed by atoms with E-state index in [0.717, 1.165) is 5.69 Å². The summed E-state index contributed by atoms with van der Waals surface area (Å²) in [5, 5.41) is -0.558. The van der Waals surface area contributed by atoms with Crippen LogP contribution in [0, 0.1) is 6.92 Å². The molecule has 0 aromatic carbocycles. The molecule has 0 N–H and O–H groups in total. The van der Waals surface area contributed by atoms with Gasteiger partial charge in [-0.25, -0.2) is 13.4 Å². The largest absolute Gasteiger partial charge is 0.365 e. The summed E-state index contributed by atoms with van der Waals surface area (Å²) in [4.78, 5) is 22.7. The molecule has 1 amide bonds. The number of amides is 1. The second-order valence-electron chi connectivity index (χ2n) is 6.73. The Morgan fingerprint density at radius 3 is 2.83 bits per heavy atom. The highest BCUT2D eigenvalue weighted by atomic mass is 32.2. The number of aryl methyl sites for hydroxylation is 1. The van der Waals surface area contributed by atoms with Crippen molar-refractivity contribution in [2.45, 2.75) is 37.2 Å². The highest BCUT2D eigenvalue weighted by molar-refractivity contribution is 7.90. The van der Waals surface area contributed by atoms with E-state index >= 15 is 0 Å². The zero-order valence-electron chi connectivity index (χ0n) is 13.7. The van der Waals surface area contributed by atoms with E-state index in [1.165, 1.54) is 10.5 Å². The molecule has 0 saturated carbocycles. The summed E-state index contributed by atoms with van der Waals surface area (Å²) in [5.74, 6) is -0.219. The molecule has 2 bridgehead atoms. The fourth-order valence-electron chi connectivity index (χ4n) is 4.06. The number of aromatic nitrogens is 2. The second-order valence-corrected chi connectivity index (χ2v) is 8.84. The van der Waals surface area contributed by atoms with E-state index in [1.807, 2.05) is 13.8 Å². The average Bonchev–Trinajstić information content (AvgIpc) is 2.93. The van der Waals surface area contributed by atoms with Gasteiger partial charge < -0.3 is 9.64 Å². The van der Waals surface area contributed by atoms with Gasteiger partial charge in [0.1, 0.15) is 16.5 Å². The maximum Gasteiger partial charge on any atom is 0.274 e. The van der Waals surface area contributed by atoms with Crippen molar-refractivity contribution in [3.05, 3.63) is 23.8 Å². The van der Waals surface area contributed by atoms with Crippen LogP contribution >= 0.6 is 0 Å². The minimum Gasteiger partial charge on any atom is -0.365 e. The molecule has 24 heavy (non-hydrogen) atoms. The van der Waals surface area contributed by atoms with Crippen molar-refractivity contribution >= 4 is 15.9 Å². The number of fused-ring (bicyclic) bond motifs is 1. The third-order valence-electron chi connectivity index (χ3n) is 5.15. The molecule has 4 heterocycles. The number of rotatable bonds is 2. The Balaban J connectivity index is 1.62. The normalized spacial score (nSPS) is 34.3. The first-order chi connectivity index (χ1) is 11.4. The van der Waals surface area contributed by atoms with Gasteiger partial charge in [-0.3, -0.25) is 9.78 Å². The Labute approximate surface area is 140 Å². The molecule has 1 aromatic rings. The third-order valence-corrected chi connectivity index (χ3v) is 7.60. The second kappa shape index (κ2) is 5.21. The van der Waals surface area contributed by atoms with Crippen LogP contribution < -0.4 is 0 Å². The molecule has 1 spiro atoms. The Hall–Kier alpha value is -1.58. The van der Waals surface area contributed by atoms with Crippen molar-refractivity contribution in [2.75, 3.05) is 26.2 Å². The molecule has 3 fully saturated rings. The topological polar surface area (TPSA) is 92.7 Å². The first kappa shape index (κ1) is 15.9. The van der Waals surface area contributed by atoms with Crippen molar-refractivity contribution in [2.24, 2.45) is 0 Å². The Morgan fingerprint density at radius 2 is 2.17 bits per heavy atom. The van der Waals surface area contributed by atoms with Gasteiger partial charge in [-0.1, -0.05) is 6.92 Å². The summed E-state index contributed by atoms with van der Waals surface area (Å²) in [6.07, 6.45) is 3.23. The van der Waals surface area contributed by atoms with Crippen molar-refractivity contribution < 1.29 is 17.9 Å². The minimum atomic E-state index is -3.36. The number of sulfonamides is 1. The number of likely N-dealkylation sites (N-methyl/N-ethyl adjacent to an activating group) is 1. The minimum absolute atomic E-state index is 0.219. The zero-order chi connectivity index (χ0) is 17.1. The van der Waals surface area contributed by atoms with Crippen LogP contribution in [-0.2, 0) is 14.8 Å². The number of hydrogen-bond donors (Lipinski definition) is 0. The number of morpholine rings is 1. The van der Waals surface area contributed by atoms with Gasteiger partial charge in [-0.2, -0.15) is 4.31 Å². The zero-order valence-corrected chi connectivity index (χ0v) is 14.5. The summed E-state index contributed by atoms with van der Waals surface area (Å²) in [7, 11) is -3.36. The van der Waals surface area contributed by atoms with Gasteiger partial charge in [0.05, 0.1) is 24.5 Å². The van der Waals surface area contributed by atoms with Gasteiger partial charge >= 0.3 is 0 Å². The fraction of sp³-hybridized carbons (Fsp3) is 0.667. The summed E-state index contributed by atoms with van der Waals surface area (Å²) in [5.41, 5.74) is 0.210.